The largest absolute Gasteiger partial charge is 0.496 e. The van der Waals surface area contributed by atoms with Crippen molar-refractivity contribution in [1.82, 2.24) is 0 Å². The average Bonchev–Trinajstić information content (AvgIpc) is 2.69. The minimum Gasteiger partial charge on any atom is -0.496 e. The maximum Gasteiger partial charge on any atom is 0.133 e. The molecule has 1 aliphatic carbocycles. The van der Waals surface area contributed by atoms with Gasteiger partial charge >= 0.3 is 0 Å². The lowest BCUT2D eigenvalue weighted by molar-refractivity contribution is 0.307. The second-order valence-electron chi connectivity index (χ2n) is 8.78. The van der Waals surface area contributed by atoms with Crippen LogP contribution in [0.1, 0.15) is 68.4 Å². The molecule has 3 rings (SSSR count). The van der Waals surface area contributed by atoms with Crippen LogP contribution in [0.3, 0.4) is 0 Å². The Morgan fingerprint density at radius 2 is 1.57 bits per heavy atom. The van der Waals surface area contributed by atoms with Crippen LogP contribution in [0.15, 0.2) is 30.3 Å². The number of fused-ring (bicyclic) bond motifs is 1. The predicted molar refractivity (Wildman–Crippen MR) is 115 cm³/mol. The van der Waals surface area contributed by atoms with Crippen LogP contribution < -0.4 is 9.47 Å². The molecule has 0 amide bonds. The molecule has 0 saturated heterocycles. The first-order chi connectivity index (χ1) is 13.2. The molecule has 0 spiro atoms. The van der Waals surface area contributed by atoms with E-state index in [1.165, 1.54) is 11.1 Å². The SMILES string of the molecule is COc1cc2c(c(OC)c1/C=C/c1ccc(C#N)cc1)C(C)(C)CCC2(C)C. The van der Waals surface area contributed by atoms with Crippen LogP contribution in [-0.4, -0.2) is 14.2 Å². The Bertz CT molecular complexity index is 944. The van der Waals surface area contributed by atoms with E-state index in [0.717, 1.165) is 35.5 Å². The summed E-state index contributed by atoms with van der Waals surface area (Å²) in [5.74, 6) is 1.73. The highest BCUT2D eigenvalue weighted by Gasteiger charge is 2.40. The summed E-state index contributed by atoms with van der Waals surface area (Å²) < 4.78 is 11.7. The Labute approximate surface area is 168 Å². The van der Waals surface area contributed by atoms with Crippen molar-refractivity contribution in [2.45, 2.75) is 51.4 Å². The lowest BCUT2D eigenvalue weighted by Crippen LogP contribution is -2.34. The molecule has 0 atom stereocenters. The zero-order chi connectivity index (χ0) is 20.5. The molecule has 0 aromatic heterocycles. The molecule has 146 valence electrons. The van der Waals surface area contributed by atoms with E-state index in [2.05, 4.69) is 45.9 Å². The average molecular weight is 376 g/mol. The van der Waals surface area contributed by atoms with Gasteiger partial charge in [0.2, 0.25) is 0 Å². The van der Waals surface area contributed by atoms with Gasteiger partial charge in [0.25, 0.3) is 0 Å². The van der Waals surface area contributed by atoms with Gasteiger partial charge in [0.1, 0.15) is 11.5 Å². The fourth-order valence-electron chi connectivity index (χ4n) is 4.13. The topological polar surface area (TPSA) is 42.2 Å². The van der Waals surface area contributed by atoms with E-state index in [4.69, 9.17) is 14.7 Å². The highest BCUT2D eigenvalue weighted by atomic mass is 16.5. The number of benzene rings is 2. The summed E-state index contributed by atoms with van der Waals surface area (Å²) in [5, 5.41) is 8.98. The van der Waals surface area contributed by atoms with Gasteiger partial charge in [0.05, 0.1) is 31.4 Å². The van der Waals surface area contributed by atoms with Crippen molar-refractivity contribution in [3.63, 3.8) is 0 Å². The van der Waals surface area contributed by atoms with E-state index in [9.17, 15) is 0 Å². The summed E-state index contributed by atoms with van der Waals surface area (Å²) in [6.45, 7) is 9.19. The van der Waals surface area contributed by atoms with Crippen LogP contribution in [0.5, 0.6) is 11.5 Å². The maximum absolute atomic E-state index is 8.98. The van der Waals surface area contributed by atoms with Crippen molar-refractivity contribution in [1.29, 1.82) is 5.26 Å². The fraction of sp³-hybridized carbons (Fsp3) is 0.400. The van der Waals surface area contributed by atoms with Crippen LogP contribution in [-0.2, 0) is 10.8 Å². The third-order valence-corrected chi connectivity index (χ3v) is 5.97. The van der Waals surface area contributed by atoms with E-state index in [0.29, 0.717) is 5.56 Å². The highest BCUT2D eigenvalue weighted by Crippen LogP contribution is 2.52. The highest BCUT2D eigenvalue weighted by molar-refractivity contribution is 5.79. The number of nitrogens with zero attached hydrogens (tertiary/aromatic N) is 1. The van der Waals surface area contributed by atoms with Crippen molar-refractivity contribution in [2.24, 2.45) is 0 Å². The lowest BCUT2D eigenvalue weighted by atomic mass is 9.62. The van der Waals surface area contributed by atoms with Gasteiger partial charge in [-0.1, -0.05) is 45.9 Å². The quantitative estimate of drug-likeness (QED) is 0.607. The first kappa shape index (κ1) is 20.0. The van der Waals surface area contributed by atoms with E-state index in [1.807, 2.05) is 30.3 Å². The van der Waals surface area contributed by atoms with Crippen LogP contribution in [0.4, 0.5) is 0 Å². The summed E-state index contributed by atoms with van der Waals surface area (Å²) in [7, 11) is 3.45. The Morgan fingerprint density at radius 1 is 0.929 bits per heavy atom. The van der Waals surface area contributed by atoms with Gasteiger partial charge in [-0.25, -0.2) is 0 Å². The molecule has 0 N–H and O–H groups in total. The molecular weight excluding hydrogens is 346 g/mol. The van der Waals surface area contributed by atoms with Crippen molar-refractivity contribution < 1.29 is 9.47 Å². The first-order valence-corrected chi connectivity index (χ1v) is 9.71. The Hall–Kier alpha value is -2.73. The summed E-state index contributed by atoms with van der Waals surface area (Å²) >= 11 is 0. The Balaban J connectivity index is 2.18. The molecular formula is C25H29NO2. The number of nitriles is 1. The van der Waals surface area contributed by atoms with Gasteiger partial charge in [0, 0.05) is 5.56 Å². The Morgan fingerprint density at radius 3 is 2.14 bits per heavy atom. The standard InChI is InChI=1S/C25H29NO2/c1-24(2)13-14-25(3,4)22-20(24)15-21(27-5)19(23(22)28-6)12-11-17-7-9-18(16-26)10-8-17/h7-12,15H,13-14H2,1-6H3/b12-11+. The number of hydrogen-bond donors (Lipinski definition) is 0. The van der Waals surface area contributed by atoms with Gasteiger partial charge in [-0.05, 0) is 59.1 Å². The molecule has 0 saturated carbocycles. The zero-order valence-corrected chi connectivity index (χ0v) is 17.7. The normalized spacial score (nSPS) is 17.0. The fourth-order valence-corrected chi connectivity index (χ4v) is 4.13. The molecule has 0 radical (unpaired) electrons. The van der Waals surface area contributed by atoms with Crippen molar-refractivity contribution in [2.75, 3.05) is 14.2 Å². The first-order valence-electron chi connectivity index (χ1n) is 9.71. The van der Waals surface area contributed by atoms with Crippen LogP contribution >= 0.6 is 0 Å². The molecule has 28 heavy (non-hydrogen) atoms. The van der Waals surface area contributed by atoms with Crippen LogP contribution in [0, 0.1) is 11.3 Å². The van der Waals surface area contributed by atoms with E-state index in [-0.39, 0.29) is 10.8 Å². The van der Waals surface area contributed by atoms with Gasteiger partial charge in [0.15, 0.2) is 0 Å². The minimum atomic E-state index is 0.0412. The summed E-state index contributed by atoms with van der Waals surface area (Å²) in [6, 6.07) is 11.9. The molecule has 0 bridgehead atoms. The molecule has 0 aliphatic heterocycles. The predicted octanol–water partition coefficient (Wildman–Crippen LogP) is 6.09. The summed E-state index contributed by atoms with van der Waals surface area (Å²) in [6.07, 6.45) is 6.35. The third-order valence-electron chi connectivity index (χ3n) is 5.97. The number of methoxy groups -OCH3 is 2. The molecule has 3 nitrogen and oxygen atoms in total. The number of hydrogen-bond acceptors (Lipinski definition) is 3. The van der Waals surface area contributed by atoms with Crippen molar-refractivity contribution in [3.05, 3.63) is 58.1 Å². The minimum absolute atomic E-state index is 0.0412. The second kappa shape index (κ2) is 7.36. The smallest absolute Gasteiger partial charge is 0.133 e. The lowest BCUT2D eigenvalue weighted by Gasteiger charge is -2.43. The van der Waals surface area contributed by atoms with Gasteiger partial charge in [-0.15, -0.1) is 0 Å². The van der Waals surface area contributed by atoms with Crippen molar-refractivity contribution in [3.8, 4) is 17.6 Å². The molecule has 2 aromatic rings. The second-order valence-corrected chi connectivity index (χ2v) is 8.78. The molecule has 1 aliphatic rings. The molecule has 0 fully saturated rings. The van der Waals surface area contributed by atoms with E-state index in [1.54, 1.807) is 14.2 Å². The van der Waals surface area contributed by atoms with Crippen molar-refractivity contribution >= 4 is 12.2 Å². The number of rotatable bonds is 4. The maximum atomic E-state index is 8.98. The molecule has 3 heteroatoms. The monoisotopic (exact) mass is 375 g/mol. The van der Waals surface area contributed by atoms with E-state index >= 15 is 0 Å². The molecule has 2 aromatic carbocycles. The van der Waals surface area contributed by atoms with Gasteiger partial charge < -0.3 is 9.47 Å². The van der Waals surface area contributed by atoms with Gasteiger partial charge in [-0.3, -0.25) is 0 Å². The third kappa shape index (κ3) is 3.52. The summed E-state index contributed by atoms with van der Waals surface area (Å²) in [5.41, 5.74) is 5.36. The van der Waals surface area contributed by atoms with Gasteiger partial charge in [-0.2, -0.15) is 5.26 Å². The molecule has 0 heterocycles. The van der Waals surface area contributed by atoms with Crippen LogP contribution in [0.25, 0.3) is 12.2 Å². The summed E-state index contributed by atoms with van der Waals surface area (Å²) in [4.78, 5) is 0. The Kier molecular flexibility index (Phi) is 5.26. The molecule has 0 unspecified atom stereocenters. The van der Waals surface area contributed by atoms with Crippen LogP contribution in [0.2, 0.25) is 0 Å². The zero-order valence-electron chi connectivity index (χ0n) is 17.7. The number of ether oxygens (including phenoxy) is 2. The van der Waals surface area contributed by atoms with E-state index < -0.39 is 0 Å².